The molecule has 1 unspecified atom stereocenters. The fraction of sp³-hybridized carbons (Fsp3) is 0.375. The smallest absolute Gasteiger partial charge is 0.0362 e. The van der Waals surface area contributed by atoms with Crippen LogP contribution in [0.15, 0.2) is 42.5 Å². The molecular formula is C16H19Cl. The highest BCUT2D eigenvalue weighted by atomic mass is 35.5. The first kappa shape index (κ1) is 12.4. The van der Waals surface area contributed by atoms with Crippen LogP contribution in [0.2, 0.25) is 0 Å². The summed E-state index contributed by atoms with van der Waals surface area (Å²) in [4.78, 5) is 0. The van der Waals surface area contributed by atoms with Crippen molar-refractivity contribution in [2.45, 2.75) is 32.1 Å². The van der Waals surface area contributed by atoms with Crippen molar-refractivity contribution in [1.82, 2.24) is 0 Å². The number of hydrogen-bond donors (Lipinski definition) is 0. The topological polar surface area (TPSA) is 0 Å². The van der Waals surface area contributed by atoms with Gasteiger partial charge in [0, 0.05) is 5.38 Å². The molecule has 0 bridgehead atoms. The van der Waals surface area contributed by atoms with E-state index in [1.807, 2.05) is 0 Å². The average Bonchev–Trinajstić information content (AvgIpc) is 2.35. The van der Waals surface area contributed by atoms with E-state index in [9.17, 15) is 0 Å². The van der Waals surface area contributed by atoms with E-state index >= 15 is 0 Å². The second-order valence-corrected chi connectivity index (χ2v) is 5.54. The number of fused-ring (bicyclic) bond motifs is 1. The zero-order valence-corrected chi connectivity index (χ0v) is 11.2. The largest absolute Gasteiger partial charge is 0.123 e. The molecule has 0 aliphatic heterocycles. The van der Waals surface area contributed by atoms with Crippen molar-refractivity contribution in [3.05, 3.63) is 48.0 Å². The van der Waals surface area contributed by atoms with Gasteiger partial charge in [0.05, 0.1) is 0 Å². The molecule has 0 N–H and O–H groups in total. The first-order valence-corrected chi connectivity index (χ1v) is 6.72. The monoisotopic (exact) mass is 246 g/mol. The van der Waals surface area contributed by atoms with Gasteiger partial charge in [-0.1, -0.05) is 56.3 Å². The van der Waals surface area contributed by atoms with Crippen LogP contribution in [0.1, 0.15) is 25.8 Å². The molecule has 1 heteroatoms. The predicted molar refractivity (Wildman–Crippen MR) is 76.7 cm³/mol. The van der Waals surface area contributed by atoms with Gasteiger partial charge >= 0.3 is 0 Å². The summed E-state index contributed by atoms with van der Waals surface area (Å²) in [6, 6.07) is 15.2. The molecule has 17 heavy (non-hydrogen) atoms. The fourth-order valence-electron chi connectivity index (χ4n) is 2.03. The highest BCUT2D eigenvalue weighted by molar-refractivity contribution is 6.20. The second kappa shape index (κ2) is 5.55. The molecule has 0 nitrogen and oxygen atoms in total. The van der Waals surface area contributed by atoms with Crippen LogP contribution in [-0.4, -0.2) is 5.38 Å². The molecule has 2 rings (SSSR count). The summed E-state index contributed by atoms with van der Waals surface area (Å²) in [6.07, 6.45) is 2.12. The first-order chi connectivity index (χ1) is 8.16. The number of aryl methyl sites for hydroxylation is 1. The van der Waals surface area contributed by atoms with Gasteiger partial charge < -0.3 is 0 Å². The van der Waals surface area contributed by atoms with Crippen LogP contribution in [0.5, 0.6) is 0 Å². The highest BCUT2D eigenvalue weighted by Gasteiger charge is 2.09. The molecule has 0 aromatic heterocycles. The van der Waals surface area contributed by atoms with Gasteiger partial charge in [-0.3, -0.25) is 0 Å². The zero-order valence-electron chi connectivity index (χ0n) is 10.5. The number of rotatable bonds is 4. The van der Waals surface area contributed by atoms with E-state index in [0.29, 0.717) is 5.92 Å². The number of halogens is 1. The molecule has 0 saturated carbocycles. The van der Waals surface area contributed by atoms with Crippen molar-refractivity contribution in [3.8, 4) is 0 Å². The molecule has 1 atom stereocenters. The minimum atomic E-state index is 0.279. The van der Waals surface area contributed by atoms with Gasteiger partial charge in [0.2, 0.25) is 0 Å². The van der Waals surface area contributed by atoms with Crippen molar-refractivity contribution in [3.63, 3.8) is 0 Å². The van der Waals surface area contributed by atoms with Crippen molar-refractivity contribution in [2.75, 3.05) is 0 Å². The summed E-state index contributed by atoms with van der Waals surface area (Å²) in [5.41, 5.74) is 1.38. The van der Waals surface area contributed by atoms with E-state index in [1.165, 1.54) is 16.3 Å². The lowest BCUT2D eigenvalue weighted by molar-refractivity contribution is 0.565. The molecule has 2 aromatic carbocycles. The minimum absolute atomic E-state index is 0.279. The Hall–Kier alpha value is -1.01. The standard InChI is InChI=1S/C16H19Cl/c1-12(2)16(17)10-8-13-7-9-14-5-3-4-6-15(14)11-13/h3-7,9,11-12,16H,8,10H2,1-2H3. The Labute approximate surface area is 109 Å². The molecule has 0 spiro atoms. The molecule has 0 fully saturated rings. The third kappa shape index (κ3) is 3.23. The van der Waals surface area contributed by atoms with E-state index in [0.717, 1.165) is 12.8 Å². The van der Waals surface area contributed by atoms with E-state index in [1.54, 1.807) is 0 Å². The third-order valence-corrected chi connectivity index (χ3v) is 3.97. The van der Waals surface area contributed by atoms with E-state index < -0.39 is 0 Å². The Kier molecular flexibility index (Phi) is 4.06. The van der Waals surface area contributed by atoms with Crippen molar-refractivity contribution >= 4 is 22.4 Å². The quantitative estimate of drug-likeness (QED) is 0.664. The third-order valence-electron chi connectivity index (χ3n) is 3.25. The molecular weight excluding hydrogens is 228 g/mol. The SMILES string of the molecule is CC(C)C(Cl)CCc1ccc2ccccc2c1. The van der Waals surface area contributed by atoms with Crippen molar-refractivity contribution in [1.29, 1.82) is 0 Å². The Bertz CT molecular complexity index is 488. The Morgan fingerprint density at radius 1 is 1.00 bits per heavy atom. The van der Waals surface area contributed by atoms with Gasteiger partial charge in [0.15, 0.2) is 0 Å². The average molecular weight is 247 g/mol. The maximum absolute atomic E-state index is 6.28. The molecule has 0 amide bonds. The number of alkyl halides is 1. The molecule has 0 aliphatic carbocycles. The van der Waals surface area contributed by atoms with Gasteiger partial charge in [-0.25, -0.2) is 0 Å². The van der Waals surface area contributed by atoms with E-state index in [4.69, 9.17) is 11.6 Å². The lowest BCUT2D eigenvalue weighted by Crippen LogP contribution is -2.08. The van der Waals surface area contributed by atoms with Gasteiger partial charge in [0.25, 0.3) is 0 Å². The second-order valence-electron chi connectivity index (χ2n) is 4.98. The van der Waals surface area contributed by atoms with Crippen LogP contribution < -0.4 is 0 Å². The van der Waals surface area contributed by atoms with Crippen LogP contribution in [0.4, 0.5) is 0 Å². The Balaban J connectivity index is 2.09. The van der Waals surface area contributed by atoms with Gasteiger partial charge in [-0.15, -0.1) is 11.6 Å². The normalized spacial score (nSPS) is 13.2. The van der Waals surface area contributed by atoms with Crippen LogP contribution in [0.3, 0.4) is 0 Å². The van der Waals surface area contributed by atoms with Gasteiger partial charge in [-0.05, 0) is 35.1 Å². The molecule has 0 aliphatic rings. The summed E-state index contributed by atoms with van der Waals surface area (Å²) in [6.45, 7) is 4.36. The van der Waals surface area contributed by atoms with E-state index in [2.05, 4.69) is 56.3 Å². The molecule has 90 valence electrons. The van der Waals surface area contributed by atoms with Crippen LogP contribution >= 0.6 is 11.6 Å². The summed E-state index contributed by atoms with van der Waals surface area (Å²) >= 11 is 6.28. The molecule has 0 saturated heterocycles. The highest BCUT2D eigenvalue weighted by Crippen LogP contribution is 2.20. The fourth-order valence-corrected chi connectivity index (χ4v) is 2.14. The van der Waals surface area contributed by atoms with Crippen molar-refractivity contribution < 1.29 is 0 Å². The lowest BCUT2D eigenvalue weighted by atomic mass is 10.00. The molecule has 2 aromatic rings. The summed E-state index contributed by atoms with van der Waals surface area (Å²) < 4.78 is 0. The Morgan fingerprint density at radius 3 is 2.41 bits per heavy atom. The first-order valence-electron chi connectivity index (χ1n) is 6.28. The number of hydrogen-bond acceptors (Lipinski definition) is 0. The van der Waals surface area contributed by atoms with Crippen LogP contribution in [0, 0.1) is 5.92 Å². The maximum Gasteiger partial charge on any atom is 0.0362 e. The predicted octanol–water partition coefficient (Wildman–Crippen LogP) is 5.04. The lowest BCUT2D eigenvalue weighted by Gasteiger charge is -2.13. The maximum atomic E-state index is 6.28. The molecule has 0 radical (unpaired) electrons. The van der Waals surface area contributed by atoms with Gasteiger partial charge in [0.1, 0.15) is 0 Å². The summed E-state index contributed by atoms with van der Waals surface area (Å²) in [5, 5.41) is 2.91. The Morgan fingerprint density at radius 2 is 1.71 bits per heavy atom. The number of benzene rings is 2. The molecule has 0 heterocycles. The summed E-state index contributed by atoms with van der Waals surface area (Å²) in [5.74, 6) is 0.553. The van der Waals surface area contributed by atoms with Crippen molar-refractivity contribution in [2.24, 2.45) is 5.92 Å². The van der Waals surface area contributed by atoms with Crippen LogP contribution in [-0.2, 0) is 6.42 Å². The van der Waals surface area contributed by atoms with Crippen LogP contribution in [0.25, 0.3) is 10.8 Å². The summed E-state index contributed by atoms with van der Waals surface area (Å²) in [7, 11) is 0. The van der Waals surface area contributed by atoms with E-state index in [-0.39, 0.29) is 5.38 Å². The zero-order chi connectivity index (χ0) is 12.3. The van der Waals surface area contributed by atoms with Gasteiger partial charge in [-0.2, -0.15) is 0 Å². The minimum Gasteiger partial charge on any atom is -0.123 e.